The third-order valence-electron chi connectivity index (χ3n) is 5.29. The van der Waals surface area contributed by atoms with E-state index >= 15 is 0 Å². The number of hydrogen-bond acceptors (Lipinski definition) is 5. The number of rotatable bonds is 8. The smallest absolute Gasteiger partial charge is 0.238 e. The summed E-state index contributed by atoms with van der Waals surface area (Å²) in [6, 6.07) is 5.78. The third-order valence-corrected chi connectivity index (χ3v) is 5.29. The van der Waals surface area contributed by atoms with Crippen LogP contribution in [0.2, 0.25) is 0 Å². The molecule has 160 valence electrons. The molecule has 0 atom stereocenters. The van der Waals surface area contributed by atoms with E-state index in [0.717, 1.165) is 16.8 Å². The van der Waals surface area contributed by atoms with E-state index in [9.17, 15) is 14.4 Å². The number of carbonyl (C=O) groups is 3. The zero-order valence-corrected chi connectivity index (χ0v) is 17.9. The Labute approximate surface area is 172 Å². The fourth-order valence-corrected chi connectivity index (χ4v) is 3.28. The molecule has 0 spiro atoms. The zero-order chi connectivity index (χ0) is 21.4. The number of hydrogen-bond donors (Lipinski definition) is 1. The minimum Gasteiger partial charge on any atom is -0.383 e. The van der Waals surface area contributed by atoms with Crippen LogP contribution < -0.4 is 5.32 Å². The van der Waals surface area contributed by atoms with E-state index in [1.807, 2.05) is 32.0 Å². The molecule has 8 heteroatoms. The Hall–Kier alpha value is -2.45. The van der Waals surface area contributed by atoms with E-state index in [0.29, 0.717) is 39.3 Å². The maximum Gasteiger partial charge on any atom is 0.238 e. The molecule has 1 heterocycles. The first-order valence-corrected chi connectivity index (χ1v) is 9.92. The van der Waals surface area contributed by atoms with Crippen molar-refractivity contribution in [2.75, 3.05) is 64.8 Å². The van der Waals surface area contributed by atoms with Crippen molar-refractivity contribution in [3.05, 3.63) is 29.3 Å². The minimum absolute atomic E-state index is 0.0296. The Morgan fingerprint density at radius 2 is 1.72 bits per heavy atom. The first-order valence-electron chi connectivity index (χ1n) is 9.92. The van der Waals surface area contributed by atoms with Gasteiger partial charge in [0.1, 0.15) is 0 Å². The Kier molecular flexibility index (Phi) is 8.60. The van der Waals surface area contributed by atoms with Crippen LogP contribution in [-0.2, 0) is 19.1 Å². The number of nitrogens with zero attached hydrogens (tertiary/aromatic N) is 3. The summed E-state index contributed by atoms with van der Waals surface area (Å²) in [4.78, 5) is 42.0. The van der Waals surface area contributed by atoms with Crippen LogP contribution in [0.1, 0.15) is 18.1 Å². The van der Waals surface area contributed by atoms with E-state index in [2.05, 4.69) is 5.32 Å². The SMILES string of the molecule is COCCN(CC(=O)Nc1cccc(C)c1C)CC(=O)N1CCN(C(C)=O)CC1. The monoisotopic (exact) mass is 404 g/mol. The summed E-state index contributed by atoms with van der Waals surface area (Å²) in [5.41, 5.74) is 2.93. The molecular weight excluding hydrogens is 372 g/mol. The molecule has 1 aliphatic rings. The molecule has 29 heavy (non-hydrogen) atoms. The van der Waals surface area contributed by atoms with Gasteiger partial charge >= 0.3 is 0 Å². The fourth-order valence-electron chi connectivity index (χ4n) is 3.28. The molecule has 0 aromatic heterocycles. The Bertz CT molecular complexity index is 729. The van der Waals surface area contributed by atoms with Crippen molar-refractivity contribution >= 4 is 23.4 Å². The van der Waals surface area contributed by atoms with Crippen LogP contribution in [0.3, 0.4) is 0 Å². The normalized spacial score (nSPS) is 14.2. The topological polar surface area (TPSA) is 82.2 Å². The maximum absolute atomic E-state index is 12.7. The molecule has 3 amide bonds. The first kappa shape index (κ1) is 22.8. The summed E-state index contributed by atoms with van der Waals surface area (Å²) in [5, 5.41) is 2.94. The second-order valence-corrected chi connectivity index (χ2v) is 7.39. The lowest BCUT2D eigenvalue weighted by Crippen LogP contribution is -2.52. The van der Waals surface area contributed by atoms with Crippen LogP contribution in [0.4, 0.5) is 5.69 Å². The number of amides is 3. The largest absolute Gasteiger partial charge is 0.383 e. The van der Waals surface area contributed by atoms with Gasteiger partial charge in [0.15, 0.2) is 0 Å². The highest BCUT2D eigenvalue weighted by atomic mass is 16.5. The molecule has 0 saturated carbocycles. The average molecular weight is 405 g/mol. The summed E-state index contributed by atoms with van der Waals surface area (Å²) < 4.78 is 5.13. The predicted molar refractivity (Wildman–Crippen MR) is 112 cm³/mol. The second-order valence-electron chi connectivity index (χ2n) is 7.39. The van der Waals surface area contributed by atoms with Crippen molar-refractivity contribution in [3.63, 3.8) is 0 Å². The molecule has 0 unspecified atom stereocenters. The highest BCUT2D eigenvalue weighted by Crippen LogP contribution is 2.17. The van der Waals surface area contributed by atoms with Crippen molar-refractivity contribution < 1.29 is 19.1 Å². The molecule has 0 radical (unpaired) electrons. The molecule has 1 aromatic rings. The lowest BCUT2D eigenvalue weighted by molar-refractivity contribution is -0.139. The van der Waals surface area contributed by atoms with Crippen LogP contribution in [-0.4, -0.2) is 92.0 Å². The number of nitrogens with one attached hydrogen (secondary N) is 1. The van der Waals surface area contributed by atoms with Crippen molar-refractivity contribution in [1.29, 1.82) is 0 Å². The highest BCUT2D eigenvalue weighted by molar-refractivity contribution is 5.93. The van der Waals surface area contributed by atoms with Crippen molar-refractivity contribution in [2.24, 2.45) is 0 Å². The van der Waals surface area contributed by atoms with Gasteiger partial charge in [-0.3, -0.25) is 19.3 Å². The summed E-state index contributed by atoms with van der Waals surface area (Å²) in [5.74, 6) is -0.172. The number of carbonyl (C=O) groups excluding carboxylic acids is 3. The predicted octanol–water partition coefficient (Wildman–Crippen LogP) is 0.881. The number of aryl methyl sites for hydroxylation is 1. The second kappa shape index (κ2) is 10.9. The van der Waals surface area contributed by atoms with Crippen molar-refractivity contribution in [1.82, 2.24) is 14.7 Å². The molecule has 1 N–H and O–H groups in total. The number of piperazine rings is 1. The minimum atomic E-state index is -0.163. The van der Waals surface area contributed by atoms with E-state index in [1.54, 1.807) is 28.7 Å². The zero-order valence-electron chi connectivity index (χ0n) is 17.9. The van der Waals surface area contributed by atoms with E-state index in [1.165, 1.54) is 0 Å². The quantitative estimate of drug-likeness (QED) is 0.696. The van der Waals surface area contributed by atoms with Gasteiger partial charge in [-0.15, -0.1) is 0 Å². The van der Waals surface area contributed by atoms with Crippen molar-refractivity contribution in [3.8, 4) is 0 Å². The standard InChI is InChI=1S/C21H32N4O4/c1-16-6-5-7-19(17(16)2)22-20(27)14-23(12-13-29-4)15-21(28)25-10-8-24(9-11-25)18(3)26/h5-7H,8-15H2,1-4H3,(H,22,27). The Balaban J connectivity index is 1.92. The van der Waals surface area contributed by atoms with Crippen LogP contribution in [0.15, 0.2) is 18.2 Å². The van der Waals surface area contributed by atoms with Gasteiger partial charge in [-0.25, -0.2) is 0 Å². The van der Waals surface area contributed by atoms with Gasteiger partial charge in [0.05, 0.1) is 19.7 Å². The van der Waals surface area contributed by atoms with E-state index in [4.69, 9.17) is 4.74 Å². The Morgan fingerprint density at radius 3 is 2.34 bits per heavy atom. The molecule has 1 aromatic carbocycles. The lowest BCUT2D eigenvalue weighted by atomic mass is 10.1. The van der Waals surface area contributed by atoms with Gasteiger partial charge in [-0.1, -0.05) is 12.1 Å². The number of benzene rings is 1. The van der Waals surface area contributed by atoms with Gasteiger partial charge in [-0.2, -0.15) is 0 Å². The molecular formula is C21H32N4O4. The van der Waals surface area contributed by atoms with E-state index < -0.39 is 0 Å². The summed E-state index contributed by atoms with van der Waals surface area (Å²) in [6.45, 7) is 8.81. The van der Waals surface area contributed by atoms with Crippen LogP contribution in [0.5, 0.6) is 0 Å². The van der Waals surface area contributed by atoms with Gasteiger partial charge in [0.2, 0.25) is 17.7 Å². The average Bonchev–Trinajstić information content (AvgIpc) is 2.69. The van der Waals surface area contributed by atoms with Crippen LogP contribution >= 0.6 is 0 Å². The number of methoxy groups -OCH3 is 1. The molecule has 1 aliphatic heterocycles. The summed E-state index contributed by atoms with van der Waals surface area (Å²) >= 11 is 0. The molecule has 0 aliphatic carbocycles. The highest BCUT2D eigenvalue weighted by Gasteiger charge is 2.24. The van der Waals surface area contributed by atoms with Crippen LogP contribution in [0, 0.1) is 13.8 Å². The van der Waals surface area contributed by atoms with Gasteiger partial charge in [-0.05, 0) is 31.0 Å². The number of anilines is 1. The molecule has 1 fully saturated rings. The van der Waals surface area contributed by atoms with E-state index in [-0.39, 0.29) is 30.8 Å². The van der Waals surface area contributed by atoms with Crippen molar-refractivity contribution in [2.45, 2.75) is 20.8 Å². The Morgan fingerprint density at radius 1 is 1.07 bits per heavy atom. The lowest BCUT2D eigenvalue weighted by Gasteiger charge is -2.35. The fraction of sp³-hybridized carbons (Fsp3) is 0.571. The molecule has 2 rings (SSSR count). The molecule has 1 saturated heterocycles. The molecule has 0 bridgehead atoms. The third kappa shape index (κ3) is 6.83. The van der Waals surface area contributed by atoms with Gasteiger partial charge in [0, 0.05) is 52.4 Å². The van der Waals surface area contributed by atoms with Crippen LogP contribution in [0.25, 0.3) is 0 Å². The maximum atomic E-state index is 12.7. The molecule has 8 nitrogen and oxygen atoms in total. The summed E-state index contributed by atoms with van der Waals surface area (Å²) in [6.07, 6.45) is 0. The number of ether oxygens (including phenoxy) is 1. The van der Waals surface area contributed by atoms with Gasteiger partial charge < -0.3 is 19.9 Å². The first-order chi connectivity index (χ1) is 13.8. The van der Waals surface area contributed by atoms with Gasteiger partial charge in [0.25, 0.3) is 0 Å². The summed E-state index contributed by atoms with van der Waals surface area (Å²) in [7, 11) is 1.59.